The van der Waals surface area contributed by atoms with Crippen molar-refractivity contribution in [3.8, 4) is 11.5 Å². The fraction of sp³-hybridized carbons (Fsp3) is 0. The minimum Gasteiger partial charge on any atom is -0.436 e. The molecule has 8 heteroatoms. The number of rotatable bonds is 4. The SMILES string of the molecule is O=C(Nc1ccc2nc(-c3cccc(Cl)c3)oc2c1)c1ccc([N+](=O)[O-])cc1. The lowest BCUT2D eigenvalue weighted by atomic mass is 10.2. The molecule has 1 heterocycles. The number of nitrogens with one attached hydrogen (secondary N) is 1. The first-order chi connectivity index (χ1) is 13.5. The Bertz CT molecular complexity index is 1200. The zero-order valence-corrected chi connectivity index (χ0v) is 15.0. The Morgan fingerprint density at radius 1 is 1.07 bits per heavy atom. The van der Waals surface area contributed by atoms with Crippen LogP contribution in [0.2, 0.25) is 5.02 Å². The third-order valence-electron chi connectivity index (χ3n) is 4.06. The number of nitro groups is 1. The Kier molecular flexibility index (Phi) is 4.50. The lowest BCUT2D eigenvalue weighted by Gasteiger charge is -2.04. The van der Waals surface area contributed by atoms with E-state index in [4.69, 9.17) is 16.0 Å². The summed E-state index contributed by atoms with van der Waals surface area (Å²) in [4.78, 5) is 27.0. The molecule has 0 aliphatic carbocycles. The van der Waals surface area contributed by atoms with Crippen molar-refractivity contribution in [1.82, 2.24) is 4.98 Å². The summed E-state index contributed by atoms with van der Waals surface area (Å²) in [6, 6.07) is 17.6. The predicted octanol–water partition coefficient (Wildman–Crippen LogP) is 5.31. The zero-order valence-electron chi connectivity index (χ0n) is 14.3. The van der Waals surface area contributed by atoms with Gasteiger partial charge in [0.15, 0.2) is 5.58 Å². The molecular formula is C20H12ClN3O4. The summed E-state index contributed by atoms with van der Waals surface area (Å²) in [5.74, 6) is 0.0418. The van der Waals surface area contributed by atoms with E-state index >= 15 is 0 Å². The highest BCUT2D eigenvalue weighted by molar-refractivity contribution is 6.30. The highest BCUT2D eigenvalue weighted by Gasteiger charge is 2.12. The van der Waals surface area contributed by atoms with E-state index in [-0.39, 0.29) is 11.6 Å². The molecule has 0 saturated heterocycles. The average Bonchev–Trinajstić information content (AvgIpc) is 3.11. The second-order valence-electron chi connectivity index (χ2n) is 5.97. The molecule has 1 aromatic heterocycles. The van der Waals surface area contributed by atoms with Gasteiger partial charge in [-0.05, 0) is 42.5 Å². The van der Waals surface area contributed by atoms with Gasteiger partial charge >= 0.3 is 0 Å². The number of oxazole rings is 1. The largest absolute Gasteiger partial charge is 0.436 e. The Morgan fingerprint density at radius 3 is 2.57 bits per heavy atom. The van der Waals surface area contributed by atoms with Gasteiger partial charge in [0.25, 0.3) is 11.6 Å². The lowest BCUT2D eigenvalue weighted by Crippen LogP contribution is -2.11. The topological polar surface area (TPSA) is 98.3 Å². The summed E-state index contributed by atoms with van der Waals surface area (Å²) in [6.45, 7) is 0. The maximum Gasteiger partial charge on any atom is 0.269 e. The van der Waals surface area contributed by atoms with Gasteiger partial charge in [0.1, 0.15) is 5.52 Å². The molecule has 0 unspecified atom stereocenters. The minimum absolute atomic E-state index is 0.0758. The molecule has 3 aromatic carbocycles. The van der Waals surface area contributed by atoms with Gasteiger partial charge in [0, 0.05) is 40.0 Å². The van der Waals surface area contributed by atoms with Gasteiger partial charge in [-0.2, -0.15) is 0 Å². The van der Waals surface area contributed by atoms with Crippen LogP contribution in [-0.2, 0) is 0 Å². The number of fused-ring (bicyclic) bond motifs is 1. The van der Waals surface area contributed by atoms with E-state index in [1.54, 1.807) is 30.3 Å². The van der Waals surface area contributed by atoms with Crippen LogP contribution in [-0.4, -0.2) is 15.8 Å². The molecule has 0 spiro atoms. The van der Waals surface area contributed by atoms with Crippen molar-refractivity contribution in [3.63, 3.8) is 0 Å². The van der Waals surface area contributed by atoms with E-state index in [1.165, 1.54) is 24.3 Å². The number of carbonyl (C=O) groups excluding carboxylic acids is 1. The predicted molar refractivity (Wildman–Crippen MR) is 106 cm³/mol. The number of benzene rings is 3. The van der Waals surface area contributed by atoms with Crippen molar-refractivity contribution in [2.45, 2.75) is 0 Å². The summed E-state index contributed by atoms with van der Waals surface area (Å²) >= 11 is 6.01. The highest BCUT2D eigenvalue weighted by Crippen LogP contribution is 2.28. The molecule has 28 heavy (non-hydrogen) atoms. The van der Waals surface area contributed by atoms with Crippen molar-refractivity contribution in [2.24, 2.45) is 0 Å². The van der Waals surface area contributed by atoms with Crippen LogP contribution in [0.15, 0.2) is 71.1 Å². The molecule has 0 saturated carbocycles. The van der Waals surface area contributed by atoms with Gasteiger partial charge in [-0.1, -0.05) is 17.7 Å². The standard InChI is InChI=1S/C20H12ClN3O4/c21-14-3-1-2-13(10-14)20-23-17-9-6-15(11-18(17)28-20)22-19(25)12-4-7-16(8-5-12)24(26)27/h1-11H,(H,22,25). The van der Waals surface area contributed by atoms with Gasteiger partial charge in [0.05, 0.1) is 4.92 Å². The molecule has 0 fully saturated rings. The molecule has 0 atom stereocenters. The first-order valence-corrected chi connectivity index (χ1v) is 8.60. The molecule has 0 aliphatic heterocycles. The number of aromatic nitrogens is 1. The normalized spacial score (nSPS) is 10.8. The van der Waals surface area contributed by atoms with Crippen LogP contribution < -0.4 is 5.32 Å². The Balaban J connectivity index is 1.57. The summed E-state index contributed by atoms with van der Waals surface area (Å²) in [5.41, 5.74) is 2.65. The van der Waals surface area contributed by atoms with E-state index in [0.717, 1.165) is 5.56 Å². The number of nitro benzene ring substituents is 1. The van der Waals surface area contributed by atoms with Crippen LogP contribution in [0.5, 0.6) is 0 Å². The quantitative estimate of drug-likeness (QED) is 0.374. The monoisotopic (exact) mass is 393 g/mol. The average molecular weight is 394 g/mol. The molecule has 1 amide bonds. The van der Waals surface area contributed by atoms with Crippen molar-refractivity contribution >= 4 is 40.0 Å². The molecule has 4 rings (SSSR count). The number of hydrogen-bond donors (Lipinski definition) is 1. The Morgan fingerprint density at radius 2 is 1.86 bits per heavy atom. The van der Waals surface area contributed by atoms with Crippen LogP contribution in [0, 0.1) is 10.1 Å². The van der Waals surface area contributed by atoms with Crippen LogP contribution >= 0.6 is 11.6 Å². The van der Waals surface area contributed by atoms with Crippen LogP contribution in [0.1, 0.15) is 10.4 Å². The van der Waals surface area contributed by atoms with E-state index in [2.05, 4.69) is 10.3 Å². The van der Waals surface area contributed by atoms with E-state index in [9.17, 15) is 14.9 Å². The Hall–Kier alpha value is -3.71. The highest BCUT2D eigenvalue weighted by atomic mass is 35.5. The van der Waals surface area contributed by atoms with Gasteiger partial charge < -0.3 is 9.73 Å². The number of non-ortho nitro benzene ring substituents is 1. The van der Waals surface area contributed by atoms with E-state index < -0.39 is 4.92 Å². The molecular weight excluding hydrogens is 382 g/mol. The molecule has 138 valence electrons. The minimum atomic E-state index is -0.517. The molecule has 0 radical (unpaired) electrons. The molecule has 7 nitrogen and oxygen atoms in total. The third-order valence-corrected chi connectivity index (χ3v) is 4.29. The number of halogens is 1. The molecule has 0 bridgehead atoms. The molecule has 1 N–H and O–H groups in total. The number of carbonyl (C=O) groups is 1. The second-order valence-corrected chi connectivity index (χ2v) is 6.41. The lowest BCUT2D eigenvalue weighted by molar-refractivity contribution is -0.384. The van der Waals surface area contributed by atoms with E-state index in [1.807, 2.05) is 12.1 Å². The number of amides is 1. The number of anilines is 1. The summed E-state index contributed by atoms with van der Waals surface area (Å²) in [6.07, 6.45) is 0. The smallest absolute Gasteiger partial charge is 0.269 e. The van der Waals surface area contributed by atoms with Gasteiger partial charge in [-0.25, -0.2) is 4.98 Å². The zero-order chi connectivity index (χ0) is 19.7. The first kappa shape index (κ1) is 17.7. The van der Waals surface area contributed by atoms with Crippen molar-refractivity contribution in [2.75, 3.05) is 5.32 Å². The van der Waals surface area contributed by atoms with Crippen LogP contribution in [0.25, 0.3) is 22.6 Å². The fourth-order valence-corrected chi connectivity index (χ4v) is 2.88. The maximum atomic E-state index is 12.4. The maximum absolute atomic E-state index is 12.4. The molecule has 0 aliphatic rings. The second kappa shape index (κ2) is 7.13. The van der Waals surface area contributed by atoms with Gasteiger partial charge in [-0.15, -0.1) is 0 Å². The van der Waals surface area contributed by atoms with Crippen molar-refractivity contribution in [3.05, 3.63) is 87.4 Å². The van der Waals surface area contributed by atoms with Gasteiger partial charge in [0.2, 0.25) is 5.89 Å². The number of nitrogens with zero attached hydrogens (tertiary/aromatic N) is 2. The van der Waals surface area contributed by atoms with Crippen molar-refractivity contribution < 1.29 is 14.1 Å². The third kappa shape index (κ3) is 3.56. The van der Waals surface area contributed by atoms with Crippen LogP contribution in [0.3, 0.4) is 0 Å². The Labute approximate surface area is 163 Å². The van der Waals surface area contributed by atoms with Gasteiger partial charge in [-0.3, -0.25) is 14.9 Å². The summed E-state index contributed by atoms with van der Waals surface area (Å²) in [7, 11) is 0. The van der Waals surface area contributed by atoms with Crippen molar-refractivity contribution in [1.29, 1.82) is 0 Å². The first-order valence-electron chi connectivity index (χ1n) is 8.22. The number of hydrogen-bond acceptors (Lipinski definition) is 5. The summed E-state index contributed by atoms with van der Waals surface area (Å²) < 4.78 is 5.78. The van der Waals surface area contributed by atoms with E-state index in [0.29, 0.717) is 33.3 Å². The summed E-state index contributed by atoms with van der Waals surface area (Å²) in [5, 5.41) is 14.0. The fourth-order valence-electron chi connectivity index (χ4n) is 2.69. The molecule has 4 aromatic rings. The van der Waals surface area contributed by atoms with Crippen LogP contribution in [0.4, 0.5) is 11.4 Å².